The van der Waals surface area contributed by atoms with E-state index < -0.39 is 11.3 Å². The Kier molecular flexibility index (Phi) is 5.60. The molecule has 1 unspecified atom stereocenters. The quantitative estimate of drug-likeness (QED) is 0.825. The maximum atomic E-state index is 11.9. The fraction of sp³-hybridized carbons (Fsp3) is 0.267. The average Bonchev–Trinajstić information content (AvgIpc) is 2.95. The molecule has 2 rings (SSSR count). The fourth-order valence-corrected chi connectivity index (χ4v) is 2.67. The summed E-state index contributed by atoms with van der Waals surface area (Å²) >= 11 is 1.32. The number of hydrogen-bond donors (Lipinski definition) is 2. The number of imide groups is 1. The van der Waals surface area contributed by atoms with E-state index in [9.17, 15) is 9.59 Å². The van der Waals surface area contributed by atoms with E-state index in [1.54, 1.807) is 13.1 Å². The molecule has 0 bridgehead atoms. The lowest BCUT2D eigenvalue weighted by molar-refractivity contribution is -0.119. The average molecular weight is 318 g/mol. The lowest BCUT2D eigenvalue weighted by Gasteiger charge is -2.12. The van der Waals surface area contributed by atoms with E-state index in [-0.39, 0.29) is 5.91 Å². The van der Waals surface area contributed by atoms with Crippen LogP contribution in [0.15, 0.2) is 47.9 Å². The van der Waals surface area contributed by atoms with Crippen molar-refractivity contribution in [2.24, 2.45) is 0 Å². The molecule has 22 heavy (non-hydrogen) atoms. The van der Waals surface area contributed by atoms with Gasteiger partial charge in [-0.05, 0) is 12.5 Å². The molecule has 0 aliphatic heterocycles. The molecule has 1 atom stereocenters. The van der Waals surface area contributed by atoms with E-state index in [0.29, 0.717) is 6.54 Å². The summed E-state index contributed by atoms with van der Waals surface area (Å²) < 4.78 is 1.98. The smallest absolute Gasteiger partial charge is 0.321 e. The number of urea groups is 1. The first-order chi connectivity index (χ1) is 10.6. The van der Waals surface area contributed by atoms with Gasteiger partial charge in [-0.3, -0.25) is 10.1 Å². The van der Waals surface area contributed by atoms with Gasteiger partial charge >= 0.3 is 6.03 Å². The molecule has 0 aliphatic rings. The molecular weight excluding hydrogens is 300 g/mol. The molecule has 1 aromatic heterocycles. The number of carbonyl (C=O) groups excluding carboxylic acids is 2. The second-order valence-corrected chi connectivity index (χ2v) is 5.96. The standard InChI is InChI=1S/C15H18N4O2S/c1-11(13(20)18-14(21)16-2)22-15-17-8-9-19(15)10-12-6-4-3-5-7-12/h3-9,11H,10H2,1-2H3,(H2,16,18,20,21). The van der Waals surface area contributed by atoms with Gasteiger partial charge in [-0.25, -0.2) is 9.78 Å². The van der Waals surface area contributed by atoms with Gasteiger partial charge < -0.3 is 9.88 Å². The number of imidazole rings is 1. The van der Waals surface area contributed by atoms with Crippen LogP contribution in [-0.4, -0.2) is 33.8 Å². The van der Waals surface area contributed by atoms with Crippen LogP contribution in [0.25, 0.3) is 0 Å². The zero-order valence-corrected chi connectivity index (χ0v) is 13.3. The zero-order chi connectivity index (χ0) is 15.9. The molecule has 2 aromatic rings. The van der Waals surface area contributed by atoms with Gasteiger partial charge in [-0.2, -0.15) is 0 Å². The Balaban J connectivity index is 2.00. The van der Waals surface area contributed by atoms with E-state index in [0.717, 1.165) is 10.7 Å². The lowest BCUT2D eigenvalue weighted by Crippen LogP contribution is -2.41. The minimum atomic E-state index is -0.509. The Morgan fingerprint density at radius 1 is 1.32 bits per heavy atom. The predicted molar refractivity (Wildman–Crippen MR) is 85.7 cm³/mol. The van der Waals surface area contributed by atoms with Gasteiger partial charge in [0.1, 0.15) is 0 Å². The molecule has 0 saturated carbocycles. The Morgan fingerprint density at radius 3 is 2.73 bits per heavy atom. The van der Waals surface area contributed by atoms with Gasteiger partial charge in [0, 0.05) is 26.0 Å². The number of hydrogen-bond acceptors (Lipinski definition) is 4. The van der Waals surface area contributed by atoms with Crippen molar-refractivity contribution in [3.8, 4) is 0 Å². The summed E-state index contributed by atoms with van der Waals surface area (Å²) in [5.74, 6) is -0.349. The fourth-order valence-electron chi connectivity index (χ4n) is 1.80. The second-order valence-electron chi connectivity index (χ2n) is 4.65. The summed E-state index contributed by atoms with van der Waals surface area (Å²) in [6.07, 6.45) is 3.58. The van der Waals surface area contributed by atoms with E-state index >= 15 is 0 Å². The van der Waals surface area contributed by atoms with Crippen molar-refractivity contribution in [3.63, 3.8) is 0 Å². The summed E-state index contributed by atoms with van der Waals surface area (Å²) in [5.41, 5.74) is 1.16. The van der Waals surface area contributed by atoms with Crippen LogP contribution in [0.5, 0.6) is 0 Å². The summed E-state index contributed by atoms with van der Waals surface area (Å²) in [5, 5.41) is 4.93. The maximum Gasteiger partial charge on any atom is 0.321 e. The molecule has 0 fully saturated rings. The van der Waals surface area contributed by atoms with Crippen LogP contribution in [0.2, 0.25) is 0 Å². The van der Waals surface area contributed by atoms with E-state index in [2.05, 4.69) is 15.6 Å². The summed E-state index contributed by atoms with van der Waals surface area (Å²) in [6.45, 7) is 2.43. The molecule has 0 aliphatic carbocycles. The first-order valence-electron chi connectivity index (χ1n) is 6.84. The minimum absolute atomic E-state index is 0.349. The van der Waals surface area contributed by atoms with Gasteiger partial charge in [-0.15, -0.1) is 0 Å². The normalized spacial score (nSPS) is 11.7. The molecule has 116 valence electrons. The zero-order valence-electron chi connectivity index (χ0n) is 12.4. The molecule has 1 heterocycles. The highest BCUT2D eigenvalue weighted by molar-refractivity contribution is 8.00. The summed E-state index contributed by atoms with van der Waals surface area (Å²) in [7, 11) is 1.47. The predicted octanol–water partition coefficient (Wildman–Crippen LogP) is 1.87. The molecule has 2 N–H and O–H groups in total. The monoisotopic (exact) mass is 318 g/mol. The summed E-state index contributed by atoms with van der Waals surface area (Å²) in [4.78, 5) is 27.3. The number of aromatic nitrogens is 2. The van der Waals surface area contributed by atoms with Gasteiger partial charge in [-0.1, -0.05) is 42.1 Å². The largest absolute Gasteiger partial charge is 0.341 e. The van der Waals surface area contributed by atoms with Crippen LogP contribution in [0.1, 0.15) is 12.5 Å². The molecule has 3 amide bonds. The highest BCUT2D eigenvalue weighted by Crippen LogP contribution is 2.22. The van der Waals surface area contributed by atoms with Crippen molar-refractivity contribution in [2.45, 2.75) is 23.9 Å². The van der Waals surface area contributed by atoms with Crippen LogP contribution in [0, 0.1) is 0 Å². The lowest BCUT2D eigenvalue weighted by atomic mass is 10.2. The number of nitrogens with zero attached hydrogens (tertiary/aromatic N) is 2. The van der Waals surface area contributed by atoms with Crippen LogP contribution in [0.3, 0.4) is 0 Å². The molecule has 7 heteroatoms. The number of benzene rings is 1. The van der Waals surface area contributed by atoms with Crippen LogP contribution in [0.4, 0.5) is 4.79 Å². The van der Waals surface area contributed by atoms with Crippen molar-refractivity contribution in [3.05, 3.63) is 48.3 Å². The van der Waals surface area contributed by atoms with Crippen molar-refractivity contribution >= 4 is 23.7 Å². The van der Waals surface area contributed by atoms with E-state index in [1.165, 1.54) is 18.8 Å². The third-order valence-electron chi connectivity index (χ3n) is 2.99. The van der Waals surface area contributed by atoms with Crippen molar-refractivity contribution in [2.75, 3.05) is 7.05 Å². The Morgan fingerprint density at radius 2 is 2.05 bits per heavy atom. The number of rotatable bonds is 5. The molecular formula is C15H18N4O2S. The molecule has 0 spiro atoms. The van der Waals surface area contributed by atoms with E-state index in [4.69, 9.17) is 0 Å². The SMILES string of the molecule is CNC(=O)NC(=O)C(C)Sc1nccn1Cc1ccccc1. The van der Waals surface area contributed by atoms with Gasteiger partial charge in [0.05, 0.1) is 5.25 Å². The number of nitrogens with one attached hydrogen (secondary N) is 2. The highest BCUT2D eigenvalue weighted by atomic mass is 32.2. The number of thioether (sulfide) groups is 1. The van der Waals surface area contributed by atoms with Gasteiger partial charge in [0.2, 0.25) is 5.91 Å². The van der Waals surface area contributed by atoms with Crippen molar-refractivity contribution in [1.82, 2.24) is 20.2 Å². The second kappa shape index (κ2) is 7.65. The maximum absolute atomic E-state index is 11.9. The molecule has 0 radical (unpaired) electrons. The Labute approximate surface area is 133 Å². The number of amides is 3. The third-order valence-corrected chi connectivity index (χ3v) is 4.11. The molecule has 0 saturated heterocycles. The Hall–Kier alpha value is -2.28. The first kappa shape index (κ1) is 16.1. The highest BCUT2D eigenvalue weighted by Gasteiger charge is 2.18. The van der Waals surface area contributed by atoms with Gasteiger partial charge in [0.25, 0.3) is 0 Å². The number of carbonyl (C=O) groups is 2. The molecule has 1 aromatic carbocycles. The van der Waals surface area contributed by atoms with Crippen LogP contribution < -0.4 is 10.6 Å². The summed E-state index contributed by atoms with van der Waals surface area (Å²) in [6, 6.07) is 9.51. The van der Waals surface area contributed by atoms with E-state index in [1.807, 2.05) is 41.1 Å². The van der Waals surface area contributed by atoms with Gasteiger partial charge in [0.15, 0.2) is 5.16 Å². The van der Waals surface area contributed by atoms with Crippen LogP contribution >= 0.6 is 11.8 Å². The van der Waals surface area contributed by atoms with Crippen LogP contribution in [-0.2, 0) is 11.3 Å². The van der Waals surface area contributed by atoms with Crippen molar-refractivity contribution in [1.29, 1.82) is 0 Å². The first-order valence-corrected chi connectivity index (χ1v) is 7.72. The molecule has 6 nitrogen and oxygen atoms in total. The third kappa shape index (κ3) is 4.36. The topological polar surface area (TPSA) is 76.0 Å². The minimum Gasteiger partial charge on any atom is -0.341 e. The Bertz CT molecular complexity index is 642. The van der Waals surface area contributed by atoms with Crippen molar-refractivity contribution < 1.29 is 9.59 Å².